The molecule has 1 aliphatic heterocycles. The standard InChI is InChI=1S/C26H33N3O6S/c1-28(36(31,32)23-10-11-24(33-2)25(12-23)34-3)26-19-6-7-20(26)15-29(14-19)16-21(30)17-35-22-8-4-18(13-27)5-9-22/h4-5,8-12,19-21,26,30H,6-7,14-17H2,1-3H3. The fourth-order valence-electron chi connectivity index (χ4n) is 5.51. The van der Waals surface area contributed by atoms with Crippen molar-refractivity contribution in [1.82, 2.24) is 9.21 Å². The van der Waals surface area contributed by atoms with Crippen LogP contribution in [-0.2, 0) is 10.0 Å². The van der Waals surface area contributed by atoms with Crippen molar-refractivity contribution in [3.05, 3.63) is 48.0 Å². The van der Waals surface area contributed by atoms with Gasteiger partial charge in [-0.1, -0.05) is 0 Å². The Bertz CT molecular complexity index is 1180. The van der Waals surface area contributed by atoms with Gasteiger partial charge in [0.1, 0.15) is 18.5 Å². The van der Waals surface area contributed by atoms with Crippen LogP contribution in [0, 0.1) is 23.2 Å². The van der Waals surface area contributed by atoms with Crippen molar-refractivity contribution in [2.24, 2.45) is 11.8 Å². The van der Waals surface area contributed by atoms with Gasteiger partial charge in [0.05, 0.1) is 30.7 Å². The summed E-state index contributed by atoms with van der Waals surface area (Å²) in [5.74, 6) is 1.84. The Morgan fingerprint density at radius 3 is 2.31 bits per heavy atom. The van der Waals surface area contributed by atoms with Gasteiger partial charge in [-0.25, -0.2) is 8.42 Å². The summed E-state index contributed by atoms with van der Waals surface area (Å²) in [7, 11) is 0.945. The number of aliphatic hydroxyl groups excluding tert-OH is 1. The lowest BCUT2D eigenvalue weighted by molar-refractivity contribution is 0.0326. The molecule has 3 atom stereocenters. The van der Waals surface area contributed by atoms with E-state index in [2.05, 4.69) is 11.0 Å². The SMILES string of the molecule is COc1ccc(S(=O)(=O)N(C)C2C3CCC2CN(CC(O)COc2ccc(C#N)cc2)C3)cc1OC. The second kappa shape index (κ2) is 11.0. The summed E-state index contributed by atoms with van der Waals surface area (Å²) in [6, 6.07) is 13.4. The highest BCUT2D eigenvalue weighted by Crippen LogP contribution is 2.42. The first-order valence-electron chi connectivity index (χ1n) is 12.0. The number of fused-ring (bicyclic) bond motifs is 2. The molecular weight excluding hydrogens is 482 g/mol. The summed E-state index contributed by atoms with van der Waals surface area (Å²) >= 11 is 0. The molecule has 10 heteroatoms. The number of nitriles is 1. The van der Waals surface area contributed by atoms with E-state index in [-0.39, 0.29) is 29.4 Å². The monoisotopic (exact) mass is 515 g/mol. The maximum Gasteiger partial charge on any atom is 0.243 e. The van der Waals surface area contributed by atoms with E-state index in [9.17, 15) is 13.5 Å². The highest BCUT2D eigenvalue weighted by atomic mass is 32.2. The van der Waals surface area contributed by atoms with Gasteiger partial charge in [0.25, 0.3) is 0 Å². The molecule has 1 heterocycles. The normalized spacial score (nSPS) is 22.7. The third-order valence-electron chi connectivity index (χ3n) is 7.21. The zero-order valence-corrected chi connectivity index (χ0v) is 21.6. The van der Waals surface area contributed by atoms with Crippen LogP contribution >= 0.6 is 0 Å². The Hall–Kier alpha value is -2.84. The van der Waals surface area contributed by atoms with Crippen LogP contribution in [0.4, 0.5) is 0 Å². The van der Waals surface area contributed by atoms with E-state index in [1.165, 1.54) is 24.6 Å². The molecule has 2 fully saturated rings. The second-order valence-corrected chi connectivity index (χ2v) is 11.4. The van der Waals surface area contributed by atoms with Crippen LogP contribution in [0.1, 0.15) is 18.4 Å². The molecule has 194 valence electrons. The van der Waals surface area contributed by atoms with Gasteiger partial charge in [-0.15, -0.1) is 0 Å². The molecular formula is C26H33N3O6S. The molecule has 9 nitrogen and oxygen atoms in total. The number of sulfonamides is 1. The molecule has 1 saturated carbocycles. The number of aliphatic hydroxyl groups is 1. The van der Waals surface area contributed by atoms with E-state index in [1.54, 1.807) is 43.4 Å². The molecule has 0 aromatic heterocycles. The largest absolute Gasteiger partial charge is 0.493 e. The quantitative estimate of drug-likeness (QED) is 0.513. The average molecular weight is 516 g/mol. The Labute approximate surface area is 212 Å². The molecule has 1 saturated heterocycles. The minimum atomic E-state index is -3.72. The van der Waals surface area contributed by atoms with Gasteiger partial charge < -0.3 is 19.3 Å². The highest BCUT2D eigenvalue weighted by molar-refractivity contribution is 7.89. The summed E-state index contributed by atoms with van der Waals surface area (Å²) in [5, 5.41) is 19.4. The Balaban J connectivity index is 1.36. The van der Waals surface area contributed by atoms with Gasteiger partial charge in [-0.05, 0) is 61.1 Å². The predicted molar refractivity (Wildman–Crippen MR) is 134 cm³/mol. The van der Waals surface area contributed by atoms with Gasteiger partial charge in [-0.3, -0.25) is 4.90 Å². The number of ether oxygens (including phenoxy) is 3. The molecule has 4 rings (SSSR count). The number of hydrogen-bond acceptors (Lipinski definition) is 8. The minimum Gasteiger partial charge on any atom is -0.493 e. The molecule has 2 aliphatic rings. The van der Waals surface area contributed by atoms with Crippen molar-refractivity contribution in [1.29, 1.82) is 5.26 Å². The van der Waals surface area contributed by atoms with Crippen LogP contribution in [0.25, 0.3) is 0 Å². The summed E-state index contributed by atoms with van der Waals surface area (Å²) in [4.78, 5) is 2.39. The third kappa shape index (κ3) is 5.44. The van der Waals surface area contributed by atoms with Gasteiger partial charge in [0, 0.05) is 38.8 Å². The van der Waals surface area contributed by atoms with Crippen LogP contribution in [-0.4, -0.2) is 82.4 Å². The fourth-order valence-corrected chi connectivity index (χ4v) is 7.00. The summed E-state index contributed by atoms with van der Waals surface area (Å²) < 4.78 is 44.7. The maximum absolute atomic E-state index is 13.5. The summed E-state index contributed by atoms with van der Waals surface area (Å²) in [6.45, 7) is 2.05. The topological polar surface area (TPSA) is 112 Å². The number of piperidine rings is 1. The molecule has 1 aliphatic carbocycles. The fraction of sp³-hybridized carbons (Fsp3) is 0.500. The predicted octanol–water partition coefficient (Wildman–Crippen LogP) is 2.35. The number of methoxy groups -OCH3 is 2. The van der Waals surface area contributed by atoms with E-state index in [4.69, 9.17) is 19.5 Å². The molecule has 2 bridgehead atoms. The lowest BCUT2D eigenvalue weighted by Gasteiger charge is -2.42. The van der Waals surface area contributed by atoms with Gasteiger partial charge in [0.2, 0.25) is 10.0 Å². The zero-order valence-electron chi connectivity index (χ0n) is 20.8. The molecule has 36 heavy (non-hydrogen) atoms. The zero-order chi connectivity index (χ0) is 25.9. The van der Waals surface area contributed by atoms with Crippen LogP contribution in [0.5, 0.6) is 17.2 Å². The number of hydrogen-bond donors (Lipinski definition) is 1. The molecule has 1 N–H and O–H groups in total. The Kier molecular flexibility index (Phi) is 8.05. The molecule has 2 aromatic rings. The molecule has 0 radical (unpaired) electrons. The molecule has 3 unspecified atom stereocenters. The first-order chi connectivity index (χ1) is 17.3. The third-order valence-corrected chi connectivity index (χ3v) is 9.06. The van der Waals surface area contributed by atoms with E-state index in [0.29, 0.717) is 29.4 Å². The summed E-state index contributed by atoms with van der Waals surface area (Å²) in [5.41, 5.74) is 0.555. The summed E-state index contributed by atoms with van der Waals surface area (Å²) in [6.07, 6.45) is 1.23. The number of likely N-dealkylation sites (tertiary alicyclic amines) is 1. The van der Waals surface area contributed by atoms with Crippen LogP contribution in [0.3, 0.4) is 0 Å². The number of rotatable bonds is 10. The van der Waals surface area contributed by atoms with E-state index in [0.717, 1.165) is 25.9 Å². The van der Waals surface area contributed by atoms with Crippen LogP contribution in [0.15, 0.2) is 47.4 Å². The van der Waals surface area contributed by atoms with Crippen molar-refractivity contribution < 1.29 is 27.7 Å². The smallest absolute Gasteiger partial charge is 0.243 e. The Morgan fingerprint density at radius 1 is 1.08 bits per heavy atom. The van der Waals surface area contributed by atoms with Gasteiger partial charge >= 0.3 is 0 Å². The highest BCUT2D eigenvalue weighted by Gasteiger charge is 2.47. The molecule has 0 amide bonds. The first kappa shape index (κ1) is 26.2. The van der Waals surface area contributed by atoms with Crippen molar-refractivity contribution in [3.63, 3.8) is 0 Å². The van der Waals surface area contributed by atoms with Gasteiger partial charge in [-0.2, -0.15) is 9.57 Å². The van der Waals surface area contributed by atoms with Crippen molar-refractivity contribution >= 4 is 10.0 Å². The number of β-amino-alcohol motifs (C(OH)–C–C–N with tert-alkyl or cyclic N) is 1. The van der Waals surface area contributed by atoms with Crippen LogP contribution < -0.4 is 14.2 Å². The van der Waals surface area contributed by atoms with E-state index in [1.807, 2.05) is 0 Å². The number of nitrogens with zero attached hydrogens (tertiary/aromatic N) is 3. The van der Waals surface area contributed by atoms with Crippen LogP contribution in [0.2, 0.25) is 0 Å². The Morgan fingerprint density at radius 2 is 1.72 bits per heavy atom. The van der Waals surface area contributed by atoms with Crippen molar-refractivity contribution in [2.45, 2.75) is 29.9 Å². The number of benzene rings is 2. The molecule has 2 aromatic carbocycles. The lowest BCUT2D eigenvalue weighted by atomic mass is 9.92. The van der Waals surface area contributed by atoms with Crippen molar-refractivity contribution in [3.8, 4) is 23.3 Å². The second-order valence-electron chi connectivity index (χ2n) is 9.45. The lowest BCUT2D eigenvalue weighted by Crippen LogP contribution is -2.54. The maximum atomic E-state index is 13.5. The average Bonchev–Trinajstić information content (AvgIpc) is 3.16. The first-order valence-corrected chi connectivity index (χ1v) is 13.4. The van der Waals surface area contributed by atoms with Crippen molar-refractivity contribution in [2.75, 3.05) is 47.5 Å². The van der Waals surface area contributed by atoms with E-state index < -0.39 is 16.1 Å². The molecule has 0 spiro atoms. The minimum absolute atomic E-state index is 0.0913. The van der Waals surface area contributed by atoms with E-state index >= 15 is 0 Å². The van der Waals surface area contributed by atoms with Gasteiger partial charge in [0.15, 0.2) is 11.5 Å².